The molecular formula is C33H41ClN3-. The van der Waals surface area contributed by atoms with Crippen molar-refractivity contribution in [2.75, 3.05) is 47.8 Å². The van der Waals surface area contributed by atoms with Crippen LogP contribution in [0.4, 0.5) is 17.1 Å². The lowest BCUT2D eigenvalue weighted by Crippen LogP contribution is -3.00. The van der Waals surface area contributed by atoms with Gasteiger partial charge in [0.15, 0.2) is 0 Å². The number of hydrogen-bond donors (Lipinski definition) is 1. The predicted octanol–water partition coefficient (Wildman–Crippen LogP) is 5.15. The predicted molar refractivity (Wildman–Crippen MR) is 159 cm³/mol. The minimum absolute atomic E-state index is 0. The fraction of sp³-hybridized carbons (Fsp3) is 0.333. The molecule has 0 aliphatic carbocycles. The lowest BCUT2D eigenvalue weighted by molar-refractivity contribution is -0.00000731. The summed E-state index contributed by atoms with van der Waals surface area (Å²) >= 11 is 0. The van der Waals surface area contributed by atoms with Crippen LogP contribution in [0.2, 0.25) is 0 Å². The number of nitrogens with zero attached hydrogens (tertiary/aromatic N) is 2. The summed E-state index contributed by atoms with van der Waals surface area (Å²) < 4.78 is 0. The van der Waals surface area contributed by atoms with Crippen LogP contribution < -0.4 is 27.5 Å². The van der Waals surface area contributed by atoms with E-state index in [0.29, 0.717) is 0 Å². The third-order valence-corrected chi connectivity index (χ3v) is 7.35. The Bertz CT molecular complexity index is 1190. The van der Waals surface area contributed by atoms with Gasteiger partial charge in [0.05, 0.1) is 0 Å². The van der Waals surface area contributed by atoms with Crippen molar-refractivity contribution in [3.8, 4) is 0 Å². The van der Waals surface area contributed by atoms with Crippen molar-refractivity contribution in [2.45, 2.75) is 40.5 Å². The largest absolute Gasteiger partial charge is 1.00 e. The van der Waals surface area contributed by atoms with Crippen molar-refractivity contribution in [2.24, 2.45) is 0 Å². The summed E-state index contributed by atoms with van der Waals surface area (Å²) in [5.41, 5.74) is 7.76. The number of rotatable bonds is 11. The molecule has 4 rings (SSSR count). The van der Waals surface area contributed by atoms with E-state index >= 15 is 0 Å². The molecule has 0 spiro atoms. The van der Waals surface area contributed by atoms with Crippen LogP contribution in [0.3, 0.4) is 0 Å². The van der Waals surface area contributed by atoms with E-state index in [1.54, 1.807) is 0 Å². The van der Waals surface area contributed by atoms with E-state index < -0.39 is 0 Å². The zero-order chi connectivity index (χ0) is 25.5. The first-order valence-corrected chi connectivity index (χ1v) is 13.6. The number of benzene rings is 4. The summed E-state index contributed by atoms with van der Waals surface area (Å²) in [7, 11) is 0. The molecule has 4 aromatic rings. The Hall–Kier alpha value is -3.17. The van der Waals surface area contributed by atoms with Gasteiger partial charge in [-0.2, -0.15) is 0 Å². The lowest BCUT2D eigenvalue weighted by atomic mass is 9.82. The quantitative estimate of drug-likeness (QED) is 0.279. The highest BCUT2D eigenvalue weighted by atomic mass is 35.5. The molecule has 0 saturated heterocycles. The highest BCUT2D eigenvalue weighted by Crippen LogP contribution is 2.39. The maximum atomic E-state index is 3.55. The Morgan fingerprint density at radius 2 is 1.03 bits per heavy atom. The summed E-state index contributed by atoms with van der Waals surface area (Å²) in [6.07, 6.45) is 0. The van der Waals surface area contributed by atoms with Gasteiger partial charge in [-0.3, -0.25) is 0 Å². The van der Waals surface area contributed by atoms with Crippen molar-refractivity contribution in [3.63, 3.8) is 0 Å². The van der Waals surface area contributed by atoms with E-state index in [1.807, 2.05) is 0 Å². The van der Waals surface area contributed by atoms with E-state index in [4.69, 9.17) is 0 Å². The van der Waals surface area contributed by atoms with Crippen LogP contribution in [0.1, 0.15) is 57.2 Å². The van der Waals surface area contributed by atoms with Crippen LogP contribution >= 0.6 is 0 Å². The van der Waals surface area contributed by atoms with Crippen LogP contribution in [0.25, 0.3) is 10.8 Å². The molecule has 0 radical (unpaired) electrons. The standard InChI is InChI=1S/C33H41N3.ClH/c1-6-34-32-24-23-31(29-13-11-12-14-30(29)32)33(25-15-19-27(20-16-25)35(7-2)8-3)26-17-21-28(22-18-26)36(9-4)10-5;/h11-24,33-34H,6-10H2,1-5H3;1H/p-1. The molecule has 0 amide bonds. The van der Waals surface area contributed by atoms with Crippen LogP contribution in [0, 0.1) is 0 Å². The van der Waals surface area contributed by atoms with Crippen LogP contribution in [0.5, 0.6) is 0 Å². The first-order chi connectivity index (χ1) is 17.6. The van der Waals surface area contributed by atoms with Gasteiger partial charge in [-0.05, 0) is 87.0 Å². The molecule has 4 heteroatoms. The molecule has 0 unspecified atom stereocenters. The van der Waals surface area contributed by atoms with Gasteiger partial charge in [-0.25, -0.2) is 0 Å². The summed E-state index contributed by atoms with van der Waals surface area (Å²) in [5, 5.41) is 6.14. The van der Waals surface area contributed by atoms with Crippen molar-refractivity contribution in [1.29, 1.82) is 0 Å². The van der Waals surface area contributed by atoms with E-state index in [-0.39, 0.29) is 18.3 Å². The SMILES string of the molecule is CCNc1ccc(C(c2ccc(N(CC)CC)cc2)c2ccc(N(CC)CC)cc2)c2ccccc12.[Cl-]. The molecule has 4 aromatic carbocycles. The summed E-state index contributed by atoms with van der Waals surface area (Å²) in [5.74, 6) is 0.155. The zero-order valence-electron chi connectivity index (χ0n) is 23.0. The van der Waals surface area contributed by atoms with Crippen LogP contribution in [-0.4, -0.2) is 32.7 Å². The van der Waals surface area contributed by atoms with Crippen molar-refractivity contribution >= 4 is 27.8 Å². The average molecular weight is 515 g/mol. The second-order valence-corrected chi connectivity index (χ2v) is 9.24. The summed E-state index contributed by atoms with van der Waals surface area (Å²) in [6, 6.07) is 31.8. The maximum absolute atomic E-state index is 3.55. The van der Waals surface area contributed by atoms with Gasteiger partial charge in [-0.15, -0.1) is 0 Å². The highest BCUT2D eigenvalue weighted by Gasteiger charge is 2.21. The Morgan fingerprint density at radius 3 is 1.46 bits per heavy atom. The molecule has 37 heavy (non-hydrogen) atoms. The second kappa shape index (κ2) is 13.4. The molecule has 1 N–H and O–H groups in total. The van der Waals surface area contributed by atoms with Gasteiger partial charge in [0.1, 0.15) is 0 Å². The van der Waals surface area contributed by atoms with Gasteiger partial charge in [0.2, 0.25) is 0 Å². The third kappa shape index (κ3) is 6.05. The van der Waals surface area contributed by atoms with Gasteiger partial charge in [-0.1, -0.05) is 54.6 Å². The Balaban J connectivity index is 0.00000380. The van der Waals surface area contributed by atoms with E-state index in [9.17, 15) is 0 Å². The first-order valence-electron chi connectivity index (χ1n) is 13.6. The lowest BCUT2D eigenvalue weighted by Gasteiger charge is -2.26. The van der Waals surface area contributed by atoms with Gasteiger partial charge < -0.3 is 27.5 Å². The Morgan fingerprint density at radius 1 is 0.568 bits per heavy atom. The first kappa shape index (κ1) is 28.4. The molecule has 0 saturated carbocycles. The summed E-state index contributed by atoms with van der Waals surface area (Å²) in [4.78, 5) is 4.80. The highest BCUT2D eigenvalue weighted by molar-refractivity contribution is 5.97. The molecule has 0 fully saturated rings. The summed E-state index contributed by atoms with van der Waals surface area (Å²) in [6.45, 7) is 16.0. The Kier molecular flexibility index (Phi) is 10.3. The van der Waals surface area contributed by atoms with Crippen molar-refractivity contribution in [3.05, 3.63) is 102 Å². The molecule has 0 aromatic heterocycles. The van der Waals surface area contributed by atoms with Gasteiger partial charge in [0.25, 0.3) is 0 Å². The molecule has 0 aliphatic rings. The van der Waals surface area contributed by atoms with Crippen LogP contribution in [-0.2, 0) is 0 Å². The zero-order valence-corrected chi connectivity index (χ0v) is 23.7. The monoisotopic (exact) mass is 514 g/mol. The maximum Gasteiger partial charge on any atom is 0.0419 e. The van der Waals surface area contributed by atoms with E-state index in [1.165, 1.54) is 44.5 Å². The van der Waals surface area contributed by atoms with Gasteiger partial charge >= 0.3 is 0 Å². The minimum atomic E-state index is 0. The molecule has 0 heterocycles. The second-order valence-electron chi connectivity index (χ2n) is 9.24. The normalized spacial score (nSPS) is 10.9. The van der Waals surface area contributed by atoms with E-state index in [0.717, 1.165) is 32.7 Å². The smallest absolute Gasteiger partial charge is 0.0419 e. The fourth-order valence-corrected chi connectivity index (χ4v) is 5.40. The molecule has 0 bridgehead atoms. The van der Waals surface area contributed by atoms with Gasteiger partial charge in [0, 0.05) is 61.1 Å². The molecule has 196 valence electrons. The number of nitrogens with one attached hydrogen (secondary N) is 1. The molecule has 0 aliphatic heterocycles. The number of fused-ring (bicyclic) bond motifs is 1. The fourth-order valence-electron chi connectivity index (χ4n) is 5.40. The molecular weight excluding hydrogens is 474 g/mol. The van der Waals surface area contributed by atoms with Crippen LogP contribution in [0.15, 0.2) is 84.9 Å². The molecule has 3 nitrogen and oxygen atoms in total. The number of anilines is 3. The average Bonchev–Trinajstić information content (AvgIpc) is 2.93. The minimum Gasteiger partial charge on any atom is -1.00 e. The van der Waals surface area contributed by atoms with Crippen molar-refractivity contribution in [1.82, 2.24) is 0 Å². The number of hydrogen-bond acceptors (Lipinski definition) is 3. The number of halogens is 1. The Labute approximate surface area is 229 Å². The third-order valence-electron chi connectivity index (χ3n) is 7.35. The topological polar surface area (TPSA) is 18.5 Å². The molecule has 0 atom stereocenters. The van der Waals surface area contributed by atoms with E-state index in [2.05, 4.69) is 135 Å². The van der Waals surface area contributed by atoms with Crippen molar-refractivity contribution < 1.29 is 12.4 Å².